The molecule has 1 fully saturated rings. The Morgan fingerprint density at radius 3 is 1.96 bits per heavy atom. The molecule has 0 saturated heterocycles. The third kappa shape index (κ3) is 3.07. The highest BCUT2D eigenvalue weighted by Gasteiger charge is 2.18. The second-order valence-corrected chi connectivity index (χ2v) is 6.53. The average Bonchev–Trinajstić information content (AvgIpc) is 3.27. The predicted octanol–water partition coefficient (Wildman–Crippen LogP) is 6.43. The minimum absolute atomic E-state index is 1.05. The molecular weight excluding hydrogens is 276 g/mol. The molecule has 0 aliphatic heterocycles. The maximum absolute atomic E-state index is 2.49. The molecule has 23 heavy (non-hydrogen) atoms. The maximum Gasteiger partial charge on any atom is -0.00135 e. The second-order valence-electron chi connectivity index (χ2n) is 6.53. The van der Waals surface area contributed by atoms with Crippen LogP contribution in [0.2, 0.25) is 0 Å². The monoisotopic (exact) mass is 298 g/mol. The quantitative estimate of drug-likeness (QED) is 0.612. The van der Waals surface area contributed by atoms with Crippen molar-refractivity contribution < 1.29 is 0 Å². The zero-order valence-electron chi connectivity index (χ0n) is 13.5. The van der Waals surface area contributed by atoms with Crippen LogP contribution in [-0.2, 0) is 0 Å². The van der Waals surface area contributed by atoms with Crippen LogP contribution in [0.5, 0.6) is 0 Å². The van der Waals surface area contributed by atoms with Gasteiger partial charge in [0.1, 0.15) is 0 Å². The zero-order chi connectivity index (χ0) is 15.5. The minimum atomic E-state index is 1.05. The zero-order valence-corrected chi connectivity index (χ0v) is 13.5. The fourth-order valence-electron chi connectivity index (χ4n) is 3.69. The fraction of sp³-hybridized carbons (Fsp3) is 0.217. The van der Waals surface area contributed by atoms with E-state index in [1.54, 1.807) is 5.57 Å². The highest BCUT2D eigenvalue weighted by atomic mass is 14.2. The lowest BCUT2D eigenvalue weighted by atomic mass is 9.99. The maximum atomic E-state index is 2.49. The SMILES string of the molecule is C(=C1CCCC1)C1=C(c2ccccc2)C=C(c2ccccc2)C1. The molecule has 0 aromatic heterocycles. The Morgan fingerprint density at radius 1 is 0.696 bits per heavy atom. The van der Waals surface area contributed by atoms with E-state index in [1.165, 1.54) is 53.5 Å². The van der Waals surface area contributed by atoms with E-state index in [9.17, 15) is 0 Å². The molecule has 0 heteroatoms. The lowest BCUT2D eigenvalue weighted by Gasteiger charge is -2.05. The molecule has 0 atom stereocenters. The molecule has 2 aromatic carbocycles. The van der Waals surface area contributed by atoms with Crippen LogP contribution in [0.15, 0.2) is 84.0 Å². The van der Waals surface area contributed by atoms with Crippen molar-refractivity contribution in [3.8, 4) is 0 Å². The number of allylic oxidation sites excluding steroid dienone is 6. The standard InChI is InChI=1S/C23H22/c1-3-11-19(12-4-1)21-16-22(15-18-9-7-8-10-18)23(17-21)20-13-5-2-6-14-20/h1-6,11-15,17H,7-10,16H2. The molecule has 0 spiro atoms. The first kappa shape index (κ1) is 14.3. The molecule has 0 unspecified atom stereocenters. The van der Waals surface area contributed by atoms with Crippen LogP contribution in [-0.4, -0.2) is 0 Å². The van der Waals surface area contributed by atoms with Gasteiger partial charge in [0.2, 0.25) is 0 Å². The summed E-state index contributed by atoms with van der Waals surface area (Å²) >= 11 is 0. The van der Waals surface area contributed by atoms with Crippen molar-refractivity contribution in [1.29, 1.82) is 0 Å². The minimum Gasteiger partial charge on any atom is -0.0699 e. The van der Waals surface area contributed by atoms with Gasteiger partial charge < -0.3 is 0 Å². The molecule has 0 heterocycles. The highest BCUT2D eigenvalue weighted by molar-refractivity contribution is 5.93. The second kappa shape index (κ2) is 6.42. The van der Waals surface area contributed by atoms with Crippen molar-refractivity contribution in [3.05, 3.63) is 95.1 Å². The molecule has 0 nitrogen and oxygen atoms in total. The topological polar surface area (TPSA) is 0 Å². The van der Waals surface area contributed by atoms with Gasteiger partial charge in [0.05, 0.1) is 0 Å². The molecule has 0 N–H and O–H groups in total. The third-order valence-electron chi connectivity index (χ3n) is 4.90. The van der Waals surface area contributed by atoms with Gasteiger partial charge in [0.15, 0.2) is 0 Å². The first-order valence-electron chi connectivity index (χ1n) is 8.64. The van der Waals surface area contributed by atoms with Crippen LogP contribution >= 0.6 is 0 Å². The molecule has 0 amide bonds. The van der Waals surface area contributed by atoms with E-state index in [-0.39, 0.29) is 0 Å². The van der Waals surface area contributed by atoms with Crippen molar-refractivity contribution in [3.63, 3.8) is 0 Å². The van der Waals surface area contributed by atoms with E-state index < -0.39 is 0 Å². The summed E-state index contributed by atoms with van der Waals surface area (Å²) in [5.74, 6) is 0. The molecule has 2 aliphatic carbocycles. The number of hydrogen-bond donors (Lipinski definition) is 0. The Kier molecular flexibility index (Phi) is 3.98. The van der Waals surface area contributed by atoms with Gasteiger partial charge in [-0.15, -0.1) is 0 Å². The van der Waals surface area contributed by atoms with Crippen LogP contribution in [0.3, 0.4) is 0 Å². The van der Waals surface area contributed by atoms with Crippen molar-refractivity contribution in [2.45, 2.75) is 32.1 Å². The fourth-order valence-corrected chi connectivity index (χ4v) is 3.69. The molecule has 0 radical (unpaired) electrons. The van der Waals surface area contributed by atoms with Crippen molar-refractivity contribution in [2.24, 2.45) is 0 Å². The molecule has 2 aliphatic rings. The molecule has 1 saturated carbocycles. The summed E-state index contributed by atoms with van der Waals surface area (Å²) in [5.41, 5.74) is 8.66. The molecular formula is C23H22. The molecule has 114 valence electrons. The number of benzene rings is 2. The van der Waals surface area contributed by atoms with Gasteiger partial charge in [-0.3, -0.25) is 0 Å². The third-order valence-corrected chi connectivity index (χ3v) is 4.90. The van der Waals surface area contributed by atoms with Crippen LogP contribution in [0.25, 0.3) is 11.1 Å². The Hall–Kier alpha value is -2.34. The van der Waals surface area contributed by atoms with Gasteiger partial charge in [0, 0.05) is 0 Å². The first-order chi connectivity index (χ1) is 11.4. The summed E-state index contributed by atoms with van der Waals surface area (Å²) in [5, 5.41) is 0. The molecule has 2 aromatic rings. The Balaban J connectivity index is 1.74. The van der Waals surface area contributed by atoms with Gasteiger partial charge >= 0.3 is 0 Å². The summed E-state index contributed by atoms with van der Waals surface area (Å²) < 4.78 is 0. The summed E-state index contributed by atoms with van der Waals surface area (Å²) in [6.45, 7) is 0. The van der Waals surface area contributed by atoms with Crippen molar-refractivity contribution >= 4 is 11.1 Å². The Morgan fingerprint density at radius 2 is 1.30 bits per heavy atom. The molecule has 4 rings (SSSR count). The van der Waals surface area contributed by atoms with E-state index in [4.69, 9.17) is 0 Å². The molecule has 0 bridgehead atoms. The summed E-state index contributed by atoms with van der Waals surface area (Å²) in [7, 11) is 0. The van der Waals surface area contributed by atoms with Crippen molar-refractivity contribution in [2.75, 3.05) is 0 Å². The van der Waals surface area contributed by atoms with E-state index in [2.05, 4.69) is 72.8 Å². The highest BCUT2D eigenvalue weighted by Crippen LogP contribution is 2.39. The summed E-state index contributed by atoms with van der Waals surface area (Å²) in [6.07, 6.45) is 11.2. The van der Waals surface area contributed by atoms with Gasteiger partial charge in [-0.1, -0.05) is 72.3 Å². The van der Waals surface area contributed by atoms with Gasteiger partial charge in [-0.2, -0.15) is 0 Å². The van der Waals surface area contributed by atoms with Crippen LogP contribution < -0.4 is 0 Å². The van der Waals surface area contributed by atoms with E-state index in [1.807, 2.05) is 0 Å². The lowest BCUT2D eigenvalue weighted by molar-refractivity contribution is 0.886. The van der Waals surface area contributed by atoms with Crippen molar-refractivity contribution in [1.82, 2.24) is 0 Å². The predicted molar refractivity (Wildman–Crippen MR) is 98.9 cm³/mol. The Labute approximate surface area is 138 Å². The van der Waals surface area contributed by atoms with Gasteiger partial charge in [-0.05, 0) is 66.0 Å². The number of rotatable bonds is 3. The average molecular weight is 298 g/mol. The van der Waals surface area contributed by atoms with Gasteiger partial charge in [0.25, 0.3) is 0 Å². The first-order valence-corrected chi connectivity index (χ1v) is 8.64. The summed E-state index contributed by atoms with van der Waals surface area (Å²) in [4.78, 5) is 0. The number of hydrogen-bond acceptors (Lipinski definition) is 0. The lowest BCUT2D eigenvalue weighted by Crippen LogP contribution is -1.85. The van der Waals surface area contributed by atoms with E-state index >= 15 is 0 Å². The van der Waals surface area contributed by atoms with Crippen LogP contribution in [0.4, 0.5) is 0 Å². The summed E-state index contributed by atoms with van der Waals surface area (Å²) in [6, 6.07) is 21.6. The van der Waals surface area contributed by atoms with E-state index in [0.29, 0.717) is 0 Å². The van der Waals surface area contributed by atoms with Gasteiger partial charge in [-0.25, -0.2) is 0 Å². The Bertz CT molecular complexity index is 765. The van der Waals surface area contributed by atoms with Crippen LogP contribution in [0.1, 0.15) is 43.2 Å². The normalized spacial score (nSPS) is 17.6. The van der Waals surface area contributed by atoms with Crippen LogP contribution in [0, 0.1) is 0 Å². The largest absolute Gasteiger partial charge is 0.0699 e. The smallest absolute Gasteiger partial charge is 0.00135 e. The van der Waals surface area contributed by atoms with E-state index in [0.717, 1.165) is 6.42 Å².